The highest BCUT2D eigenvalue weighted by Gasteiger charge is 2.19. The van der Waals surface area contributed by atoms with Crippen LogP contribution < -0.4 is 4.90 Å². The lowest BCUT2D eigenvalue weighted by Gasteiger charge is -2.22. The van der Waals surface area contributed by atoms with Crippen LogP contribution in [0.3, 0.4) is 0 Å². The summed E-state index contributed by atoms with van der Waals surface area (Å²) in [6, 6.07) is 19.7. The summed E-state index contributed by atoms with van der Waals surface area (Å²) in [5.41, 5.74) is 4.13. The minimum Gasteiger partial charge on any atom is -0.467 e. The van der Waals surface area contributed by atoms with Gasteiger partial charge in [0.25, 0.3) is 0 Å². The van der Waals surface area contributed by atoms with Crippen LogP contribution in [-0.2, 0) is 11.3 Å². The van der Waals surface area contributed by atoms with Gasteiger partial charge in [-0.05, 0) is 50.2 Å². The molecule has 0 fully saturated rings. The average Bonchev–Trinajstić information content (AvgIpc) is 3.44. The zero-order chi connectivity index (χ0) is 20.9. The minimum absolute atomic E-state index is 0.0290. The van der Waals surface area contributed by atoms with E-state index in [4.69, 9.17) is 4.42 Å². The predicted octanol–water partition coefficient (Wildman–Crippen LogP) is 4.80. The third-order valence-electron chi connectivity index (χ3n) is 4.69. The Morgan fingerprint density at radius 2 is 1.73 bits per heavy atom. The molecule has 7 heteroatoms. The van der Waals surface area contributed by atoms with Crippen molar-refractivity contribution in [3.8, 4) is 5.69 Å². The maximum Gasteiger partial charge on any atom is 0.237 e. The van der Waals surface area contributed by atoms with Crippen LogP contribution in [0.4, 0.5) is 5.69 Å². The highest BCUT2D eigenvalue weighted by atomic mass is 32.2. The van der Waals surface area contributed by atoms with Gasteiger partial charge in [-0.1, -0.05) is 47.2 Å². The fourth-order valence-electron chi connectivity index (χ4n) is 3.02. The third kappa shape index (κ3) is 4.63. The van der Waals surface area contributed by atoms with Crippen LogP contribution in [0, 0.1) is 13.8 Å². The smallest absolute Gasteiger partial charge is 0.237 e. The third-order valence-corrected chi connectivity index (χ3v) is 5.62. The van der Waals surface area contributed by atoms with Gasteiger partial charge in [0, 0.05) is 11.4 Å². The molecule has 0 aliphatic rings. The monoisotopic (exact) mass is 418 g/mol. The first-order chi connectivity index (χ1) is 14.6. The van der Waals surface area contributed by atoms with Crippen molar-refractivity contribution in [1.29, 1.82) is 0 Å². The number of furan rings is 1. The first-order valence-electron chi connectivity index (χ1n) is 9.59. The normalized spacial score (nSPS) is 10.9. The van der Waals surface area contributed by atoms with Crippen LogP contribution in [-0.4, -0.2) is 26.4 Å². The van der Waals surface area contributed by atoms with Crippen molar-refractivity contribution in [3.05, 3.63) is 90.1 Å². The zero-order valence-electron chi connectivity index (χ0n) is 16.9. The molecule has 2 aromatic carbocycles. The van der Waals surface area contributed by atoms with Crippen molar-refractivity contribution in [3.63, 3.8) is 0 Å². The number of hydrogen-bond acceptors (Lipinski definition) is 5. The summed E-state index contributed by atoms with van der Waals surface area (Å²) in [6.07, 6.45) is 3.28. The molecule has 1 amide bonds. The summed E-state index contributed by atoms with van der Waals surface area (Å²) in [5.74, 6) is 0.939. The molecule has 30 heavy (non-hydrogen) atoms. The Balaban J connectivity index is 1.51. The van der Waals surface area contributed by atoms with Gasteiger partial charge in [0.2, 0.25) is 5.91 Å². The maximum absolute atomic E-state index is 13.1. The number of hydrogen-bond donors (Lipinski definition) is 0. The number of aromatic nitrogens is 3. The molecule has 0 aliphatic heterocycles. The van der Waals surface area contributed by atoms with E-state index in [1.165, 1.54) is 17.3 Å². The molecule has 0 N–H and O–H groups in total. The number of nitrogens with zero attached hydrogens (tertiary/aromatic N) is 4. The molecule has 2 heterocycles. The van der Waals surface area contributed by atoms with Crippen LogP contribution in [0.5, 0.6) is 0 Å². The van der Waals surface area contributed by atoms with Gasteiger partial charge >= 0.3 is 0 Å². The zero-order valence-corrected chi connectivity index (χ0v) is 17.7. The number of benzene rings is 2. The Labute approximate surface area is 179 Å². The van der Waals surface area contributed by atoms with Gasteiger partial charge in [-0.25, -0.2) is 0 Å². The van der Waals surface area contributed by atoms with E-state index in [1.54, 1.807) is 17.5 Å². The van der Waals surface area contributed by atoms with Crippen LogP contribution in [0.25, 0.3) is 5.69 Å². The summed E-state index contributed by atoms with van der Waals surface area (Å²) < 4.78 is 7.36. The highest BCUT2D eigenvalue weighted by Crippen LogP contribution is 2.23. The van der Waals surface area contributed by atoms with Gasteiger partial charge in [-0.3, -0.25) is 9.36 Å². The lowest BCUT2D eigenvalue weighted by atomic mass is 10.2. The highest BCUT2D eigenvalue weighted by molar-refractivity contribution is 7.99. The predicted molar refractivity (Wildman–Crippen MR) is 118 cm³/mol. The molecule has 0 saturated heterocycles. The van der Waals surface area contributed by atoms with E-state index >= 15 is 0 Å². The van der Waals surface area contributed by atoms with Crippen LogP contribution in [0.15, 0.2) is 82.8 Å². The van der Waals surface area contributed by atoms with Crippen molar-refractivity contribution in [2.75, 3.05) is 10.7 Å². The summed E-state index contributed by atoms with van der Waals surface area (Å²) >= 11 is 1.37. The number of carbonyl (C=O) groups excluding carboxylic acids is 1. The average molecular weight is 419 g/mol. The van der Waals surface area contributed by atoms with Crippen molar-refractivity contribution in [1.82, 2.24) is 14.8 Å². The Morgan fingerprint density at radius 3 is 2.40 bits per heavy atom. The molecule has 0 unspecified atom stereocenters. The molecule has 0 spiro atoms. The second kappa shape index (κ2) is 9.00. The number of carbonyl (C=O) groups is 1. The van der Waals surface area contributed by atoms with Crippen LogP contribution in [0.2, 0.25) is 0 Å². The largest absolute Gasteiger partial charge is 0.467 e. The second-order valence-corrected chi connectivity index (χ2v) is 7.95. The van der Waals surface area contributed by atoms with Gasteiger partial charge < -0.3 is 9.32 Å². The Bertz CT molecular complexity index is 1100. The molecule has 0 radical (unpaired) electrons. The first-order valence-corrected chi connectivity index (χ1v) is 10.6. The fraction of sp³-hybridized carbons (Fsp3) is 0.174. The van der Waals surface area contributed by atoms with Gasteiger partial charge in [0.15, 0.2) is 5.16 Å². The lowest BCUT2D eigenvalue weighted by molar-refractivity contribution is -0.116. The quantitative estimate of drug-likeness (QED) is 0.403. The Hall–Kier alpha value is -3.32. The van der Waals surface area contributed by atoms with Crippen LogP contribution in [0.1, 0.15) is 16.9 Å². The summed E-state index contributed by atoms with van der Waals surface area (Å²) in [6.45, 7) is 4.44. The second-order valence-electron chi connectivity index (χ2n) is 7.00. The number of rotatable bonds is 7. The molecule has 0 bridgehead atoms. The molecule has 4 rings (SSSR count). The Kier molecular flexibility index (Phi) is 5.99. The molecular formula is C23H22N4O2S. The van der Waals surface area contributed by atoms with Crippen molar-refractivity contribution in [2.24, 2.45) is 0 Å². The lowest BCUT2D eigenvalue weighted by Crippen LogP contribution is -2.31. The standard InChI is InChI=1S/C23H22N4O2S/c1-17-5-9-19(10-6-17)26(14-21-4-3-13-29-21)22(28)15-30-23-25-24-16-27(23)20-11-7-18(2)8-12-20/h3-13,16H,14-15H2,1-2H3. The number of aryl methyl sites for hydroxylation is 2. The van der Waals surface area contributed by atoms with E-state index in [0.29, 0.717) is 11.7 Å². The van der Waals surface area contributed by atoms with E-state index in [0.717, 1.165) is 22.7 Å². The van der Waals surface area contributed by atoms with Gasteiger partial charge in [0.05, 0.1) is 18.6 Å². The van der Waals surface area contributed by atoms with E-state index in [1.807, 2.05) is 79.1 Å². The van der Waals surface area contributed by atoms with E-state index in [9.17, 15) is 4.79 Å². The van der Waals surface area contributed by atoms with Gasteiger partial charge in [-0.2, -0.15) is 0 Å². The summed E-state index contributed by atoms with van der Waals surface area (Å²) in [7, 11) is 0. The Morgan fingerprint density at radius 1 is 1.03 bits per heavy atom. The molecule has 0 atom stereocenters. The molecule has 4 aromatic rings. The fourth-order valence-corrected chi connectivity index (χ4v) is 3.82. The molecule has 0 saturated carbocycles. The van der Waals surface area contributed by atoms with Crippen molar-refractivity contribution in [2.45, 2.75) is 25.5 Å². The maximum atomic E-state index is 13.1. The molecule has 0 aliphatic carbocycles. The van der Waals surface area contributed by atoms with Gasteiger partial charge in [-0.15, -0.1) is 10.2 Å². The van der Waals surface area contributed by atoms with E-state index in [2.05, 4.69) is 10.2 Å². The first kappa shape index (κ1) is 20.0. The van der Waals surface area contributed by atoms with Crippen LogP contribution >= 0.6 is 11.8 Å². The molecule has 152 valence electrons. The summed E-state index contributed by atoms with van der Waals surface area (Å²) in [5, 5.41) is 8.89. The number of anilines is 1. The van der Waals surface area contributed by atoms with Crippen molar-refractivity contribution >= 4 is 23.4 Å². The summed E-state index contributed by atoms with van der Waals surface area (Å²) in [4.78, 5) is 14.9. The SMILES string of the molecule is Cc1ccc(N(Cc2ccco2)C(=O)CSc2nncn2-c2ccc(C)cc2)cc1. The van der Waals surface area contributed by atoms with E-state index in [-0.39, 0.29) is 11.7 Å². The number of thioether (sulfide) groups is 1. The van der Waals surface area contributed by atoms with Crippen molar-refractivity contribution < 1.29 is 9.21 Å². The molecule has 6 nitrogen and oxygen atoms in total. The molecular weight excluding hydrogens is 396 g/mol. The topological polar surface area (TPSA) is 64.2 Å². The van der Waals surface area contributed by atoms with E-state index < -0.39 is 0 Å². The minimum atomic E-state index is -0.0290. The van der Waals surface area contributed by atoms with Gasteiger partial charge in [0.1, 0.15) is 12.1 Å². The molecule has 2 aromatic heterocycles. The number of amides is 1.